The van der Waals surface area contributed by atoms with E-state index in [1.54, 1.807) is 31.1 Å². The molecule has 0 aliphatic heterocycles. The van der Waals surface area contributed by atoms with Crippen LogP contribution in [0, 0.1) is 6.92 Å². The molecule has 0 aliphatic carbocycles. The smallest absolute Gasteiger partial charge is 0.261 e. The molecule has 0 radical (unpaired) electrons. The van der Waals surface area contributed by atoms with Crippen LogP contribution in [0.4, 0.5) is 0 Å². The Kier molecular flexibility index (Phi) is 8.71. The maximum atomic E-state index is 13.1. The molecule has 0 fully saturated rings. The molecule has 0 aliphatic rings. The summed E-state index contributed by atoms with van der Waals surface area (Å²) in [5.41, 5.74) is 2.09. The van der Waals surface area contributed by atoms with Gasteiger partial charge in [-0.3, -0.25) is 9.59 Å². The fraction of sp³-hybridized carbons (Fsp3) is 0.417. The van der Waals surface area contributed by atoms with Crippen molar-refractivity contribution in [2.75, 3.05) is 13.7 Å². The van der Waals surface area contributed by atoms with Gasteiger partial charge in [-0.25, -0.2) is 0 Å². The molecule has 2 aromatic rings. The normalized spacial score (nSPS) is 12.6. The number of ether oxygens (including phenoxy) is 2. The zero-order valence-electron chi connectivity index (χ0n) is 18.5. The van der Waals surface area contributed by atoms with Gasteiger partial charge in [-0.1, -0.05) is 48.9 Å². The number of carbonyl (C=O) groups excluding carboxylic acids is 2. The molecule has 162 valence electrons. The molecule has 0 saturated carbocycles. The Morgan fingerprint density at radius 2 is 1.67 bits per heavy atom. The van der Waals surface area contributed by atoms with Gasteiger partial charge in [-0.2, -0.15) is 0 Å². The summed E-state index contributed by atoms with van der Waals surface area (Å²) < 4.78 is 11.0. The standard InChI is InChI=1S/C24H32N2O4/c1-6-18(3)25-24(28)19(4)26(15-20-13-11-17(2)12-14-20)23(27)16-30-22-10-8-7-9-21(22)29-5/h7-14,18-19H,6,15-16H2,1-5H3,(H,25,28)/t18-,19-/m1/s1. The maximum Gasteiger partial charge on any atom is 0.261 e. The number of rotatable bonds is 10. The molecule has 6 heteroatoms. The number of para-hydroxylation sites is 2. The van der Waals surface area contributed by atoms with E-state index in [1.165, 1.54) is 0 Å². The van der Waals surface area contributed by atoms with Crippen LogP contribution in [0.15, 0.2) is 48.5 Å². The summed E-state index contributed by atoms with van der Waals surface area (Å²) in [6.45, 7) is 7.84. The van der Waals surface area contributed by atoms with Crippen LogP contribution < -0.4 is 14.8 Å². The number of nitrogens with zero attached hydrogens (tertiary/aromatic N) is 1. The van der Waals surface area contributed by atoms with Crippen molar-refractivity contribution in [2.45, 2.75) is 52.7 Å². The van der Waals surface area contributed by atoms with E-state index in [0.717, 1.165) is 17.5 Å². The molecule has 2 atom stereocenters. The summed E-state index contributed by atoms with van der Waals surface area (Å²) in [5, 5.41) is 2.96. The van der Waals surface area contributed by atoms with Crippen LogP contribution in [0.3, 0.4) is 0 Å². The minimum Gasteiger partial charge on any atom is -0.493 e. The van der Waals surface area contributed by atoms with Crippen molar-refractivity contribution in [1.82, 2.24) is 10.2 Å². The van der Waals surface area contributed by atoms with Crippen LogP contribution in [-0.2, 0) is 16.1 Å². The van der Waals surface area contributed by atoms with Crippen molar-refractivity contribution in [3.63, 3.8) is 0 Å². The topological polar surface area (TPSA) is 67.9 Å². The average Bonchev–Trinajstić information content (AvgIpc) is 2.76. The highest BCUT2D eigenvalue weighted by molar-refractivity contribution is 5.88. The van der Waals surface area contributed by atoms with Gasteiger partial charge in [0.2, 0.25) is 5.91 Å². The van der Waals surface area contributed by atoms with Gasteiger partial charge in [0.15, 0.2) is 18.1 Å². The molecule has 0 aromatic heterocycles. The molecule has 2 aromatic carbocycles. The third-order valence-electron chi connectivity index (χ3n) is 5.06. The van der Waals surface area contributed by atoms with E-state index in [0.29, 0.717) is 18.0 Å². The Labute approximate surface area is 179 Å². The van der Waals surface area contributed by atoms with Crippen LogP contribution in [0.25, 0.3) is 0 Å². The number of amides is 2. The fourth-order valence-corrected chi connectivity index (χ4v) is 2.90. The number of aryl methyl sites for hydroxylation is 1. The first-order valence-corrected chi connectivity index (χ1v) is 10.3. The van der Waals surface area contributed by atoms with Gasteiger partial charge < -0.3 is 19.7 Å². The van der Waals surface area contributed by atoms with Crippen LogP contribution in [0.5, 0.6) is 11.5 Å². The highest BCUT2D eigenvalue weighted by Crippen LogP contribution is 2.25. The Morgan fingerprint density at radius 1 is 1.03 bits per heavy atom. The van der Waals surface area contributed by atoms with Crippen molar-refractivity contribution >= 4 is 11.8 Å². The minimum absolute atomic E-state index is 0.0427. The first-order chi connectivity index (χ1) is 14.3. The van der Waals surface area contributed by atoms with E-state index in [9.17, 15) is 9.59 Å². The number of hydrogen-bond acceptors (Lipinski definition) is 4. The van der Waals surface area contributed by atoms with Gasteiger partial charge in [0, 0.05) is 12.6 Å². The van der Waals surface area contributed by atoms with Crippen molar-refractivity contribution in [3.8, 4) is 11.5 Å². The molecule has 30 heavy (non-hydrogen) atoms. The fourth-order valence-electron chi connectivity index (χ4n) is 2.90. The molecule has 6 nitrogen and oxygen atoms in total. The lowest BCUT2D eigenvalue weighted by Gasteiger charge is -2.29. The number of nitrogens with one attached hydrogen (secondary N) is 1. The molecule has 0 unspecified atom stereocenters. The Balaban J connectivity index is 2.17. The van der Waals surface area contributed by atoms with Gasteiger partial charge in [0.1, 0.15) is 6.04 Å². The first-order valence-electron chi connectivity index (χ1n) is 10.3. The van der Waals surface area contributed by atoms with Crippen molar-refractivity contribution in [2.24, 2.45) is 0 Å². The summed E-state index contributed by atoms with van der Waals surface area (Å²) in [7, 11) is 1.55. The average molecular weight is 413 g/mol. The summed E-state index contributed by atoms with van der Waals surface area (Å²) in [5.74, 6) is 0.591. The predicted molar refractivity (Wildman–Crippen MR) is 118 cm³/mol. The molecular formula is C24H32N2O4. The largest absolute Gasteiger partial charge is 0.493 e. The molecule has 0 bridgehead atoms. The Bertz CT molecular complexity index is 835. The zero-order chi connectivity index (χ0) is 22.1. The summed E-state index contributed by atoms with van der Waals surface area (Å²) in [6, 6.07) is 14.5. The van der Waals surface area contributed by atoms with Crippen LogP contribution in [0.1, 0.15) is 38.3 Å². The van der Waals surface area contributed by atoms with Gasteiger partial charge in [0.25, 0.3) is 5.91 Å². The summed E-state index contributed by atoms with van der Waals surface area (Å²) in [4.78, 5) is 27.3. The number of benzene rings is 2. The molecule has 0 spiro atoms. The third kappa shape index (κ3) is 6.51. The molecule has 0 heterocycles. The number of hydrogen-bond donors (Lipinski definition) is 1. The SMILES string of the molecule is CC[C@@H](C)NC(=O)[C@@H](C)N(Cc1ccc(C)cc1)C(=O)COc1ccccc1OC. The van der Waals surface area contributed by atoms with Gasteiger partial charge in [0.05, 0.1) is 7.11 Å². The zero-order valence-corrected chi connectivity index (χ0v) is 18.5. The molecule has 2 amide bonds. The highest BCUT2D eigenvalue weighted by atomic mass is 16.5. The van der Waals surface area contributed by atoms with Crippen LogP contribution in [0.2, 0.25) is 0 Å². The van der Waals surface area contributed by atoms with Crippen molar-refractivity contribution in [1.29, 1.82) is 0 Å². The lowest BCUT2D eigenvalue weighted by molar-refractivity contribution is -0.142. The van der Waals surface area contributed by atoms with Gasteiger partial charge >= 0.3 is 0 Å². The van der Waals surface area contributed by atoms with E-state index in [2.05, 4.69) is 5.32 Å². The second-order valence-electron chi connectivity index (χ2n) is 7.44. The Hall–Kier alpha value is -3.02. The third-order valence-corrected chi connectivity index (χ3v) is 5.06. The van der Waals surface area contributed by atoms with Crippen molar-refractivity contribution < 1.29 is 19.1 Å². The summed E-state index contributed by atoms with van der Waals surface area (Å²) in [6.07, 6.45) is 0.821. The van der Waals surface area contributed by atoms with Crippen LogP contribution in [-0.4, -0.2) is 42.5 Å². The predicted octanol–water partition coefficient (Wildman–Crippen LogP) is 3.71. The molecule has 0 saturated heterocycles. The van der Waals surface area contributed by atoms with Crippen LogP contribution >= 0.6 is 0 Å². The van der Waals surface area contributed by atoms with Gasteiger partial charge in [-0.15, -0.1) is 0 Å². The first kappa shape index (κ1) is 23.3. The van der Waals surface area contributed by atoms with Gasteiger partial charge in [-0.05, 0) is 44.9 Å². The number of carbonyl (C=O) groups is 2. The lowest BCUT2D eigenvalue weighted by atomic mass is 10.1. The number of methoxy groups -OCH3 is 1. The van der Waals surface area contributed by atoms with E-state index >= 15 is 0 Å². The maximum absolute atomic E-state index is 13.1. The highest BCUT2D eigenvalue weighted by Gasteiger charge is 2.27. The van der Waals surface area contributed by atoms with Crippen molar-refractivity contribution in [3.05, 3.63) is 59.7 Å². The molecule has 2 rings (SSSR count). The minimum atomic E-state index is -0.630. The van der Waals surface area contributed by atoms with E-state index < -0.39 is 6.04 Å². The molecule has 1 N–H and O–H groups in total. The van der Waals surface area contributed by atoms with E-state index in [1.807, 2.05) is 57.2 Å². The Morgan fingerprint density at radius 3 is 2.27 bits per heavy atom. The van der Waals surface area contributed by atoms with E-state index in [4.69, 9.17) is 9.47 Å². The lowest BCUT2D eigenvalue weighted by Crippen LogP contribution is -2.50. The van der Waals surface area contributed by atoms with E-state index in [-0.39, 0.29) is 24.5 Å². The molecular weight excluding hydrogens is 380 g/mol. The summed E-state index contributed by atoms with van der Waals surface area (Å²) >= 11 is 0. The second-order valence-corrected chi connectivity index (χ2v) is 7.44. The second kappa shape index (κ2) is 11.2. The monoisotopic (exact) mass is 412 g/mol. The quantitative estimate of drug-likeness (QED) is 0.646.